The minimum absolute atomic E-state index is 0.0842. The van der Waals surface area contributed by atoms with Crippen LogP contribution >= 0.6 is 0 Å². The van der Waals surface area contributed by atoms with Gasteiger partial charge in [-0.05, 0) is 48.4 Å². The molecule has 0 fully saturated rings. The van der Waals surface area contributed by atoms with Crippen molar-refractivity contribution in [1.82, 2.24) is 0 Å². The maximum atomic E-state index is 11.9. The number of nitriles is 1. The zero-order valence-electron chi connectivity index (χ0n) is 12.3. The van der Waals surface area contributed by atoms with E-state index in [1.165, 1.54) is 0 Å². The summed E-state index contributed by atoms with van der Waals surface area (Å²) in [5.41, 5.74) is 8.62. The second-order valence-electron chi connectivity index (χ2n) is 4.81. The van der Waals surface area contributed by atoms with E-state index >= 15 is 0 Å². The number of nitrogens with one attached hydrogen (secondary N) is 1. The Morgan fingerprint density at radius 2 is 2.00 bits per heavy atom. The summed E-state index contributed by atoms with van der Waals surface area (Å²) in [4.78, 5) is 11.9. The molecule has 2 aromatic carbocycles. The lowest BCUT2D eigenvalue weighted by molar-refractivity contribution is -0.116. The summed E-state index contributed by atoms with van der Waals surface area (Å²) in [6.45, 7) is 0. The Morgan fingerprint density at radius 3 is 2.59 bits per heavy atom. The third-order valence-corrected chi connectivity index (χ3v) is 3.23. The number of methoxy groups -OCH3 is 1. The number of hydrogen-bond acceptors (Lipinski definition) is 4. The lowest BCUT2D eigenvalue weighted by Crippen LogP contribution is -2.12. The van der Waals surface area contributed by atoms with Gasteiger partial charge in [-0.25, -0.2) is 0 Å². The average molecular weight is 295 g/mol. The number of hydrogen-bond donors (Lipinski definition) is 2. The molecular weight excluding hydrogens is 278 g/mol. The van der Waals surface area contributed by atoms with Crippen molar-refractivity contribution in [2.75, 3.05) is 18.2 Å². The van der Waals surface area contributed by atoms with Crippen LogP contribution in [0.15, 0.2) is 42.5 Å². The molecule has 0 saturated carbocycles. The third-order valence-electron chi connectivity index (χ3n) is 3.23. The van der Waals surface area contributed by atoms with E-state index in [0.29, 0.717) is 35.5 Å². The number of nitrogens with zero attached hydrogens (tertiary/aromatic N) is 1. The summed E-state index contributed by atoms with van der Waals surface area (Å²) in [7, 11) is 1.57. The average Bonchev–Trinajstić information content (AvgIpc) is 2.54. The number of nitrogen functional groups attached to an aromatic ring is 1. The van der Waals surface area contributed by atoms with E-state index in [0.717, 1.165) is 5.56 Å². The summed E-state index contributed by atoms with van der Waals surface area (Å²) in [6, 6.07) is 14.3. The number of carbonyl (C=O) groups excluding carboxylic acids is 1. The van der Waals surface area contributed by atoms with Gasteiger partial charge in [0.2, 0.25) is 5.91 Å². The van der Waals surface area contributed by atoms with Gasteiger partial charge < -0.3 is 15.8 Å². The van der Waals surface area contributed by atoms with Crippen molar-refractivity contribution < 1.29 is 9.53 Å². The highest BCUT2D eigenvalue weighted by molar-refractivity contribution is 5.90. The molecule has 0 aliphatic rings. The van der Waals surface area contributed by atoms with Gasteiger partial charge in [0.25, 0.3) is 0 Å². The van der Waals surface area contributed by atoms with E-state index in [2.05, 4.69) is 5.32 Å². The fourth-order valence-corrected chi connectivity index (χ4v) is 2.05. The van der Waals surface area contributed by atoms with Crippen LogP contribution in [0, 0.1) is 11.3 Å². The predicted molar refractivity (Wildman–Crippen MR) is 85.5 cm³/mol. The summed E-state index contributed by atoms with van der Waals surface area (Å²) in [6.07, 6.45) is 0.947. The first-order valence-corrected chi connectivity index (χ1v) is 6.85. The standard InChI is InChI=1S/C17H17N3O2/c1-22-16-8-4-12(10-15(16)19)5-9-17(21)20-14-6-2-13(11-18)3-7-14/h2-4,6-8,10H,5,9,19H2,1H3,(H,20,21). The molecule has 2 rings (SSSR count). The number of amides is 1. The number of anilines is 2. The number of benzene rings is 2. The highest BCUT2D eigenvalue weighted by Gasteiger charge is 2.05. The molecule has 0 radical (unpaired) electrons. The molecule has 5 heteroatoms. The summed E-state index contributed by atoms with van der Waals surface area (Å²) in [5, 5.41) is 11.5. The molecule has 0 aliphatic heterocycles. The van der Waals surface area contributed by atoms with Crippen LogP contribution in [-0.2, 0) is 11.2 Å². The van der Waals surface area contributed by atoms with Crippen LogP contribution in [0.25, 0.3) is 0 Å². The number of aryl methyl sites for hydroxylation is 1. The van der Waals surface area contributed by atoms with Crippen molar-refractivity contribution in [3.63, 3.8) is 0 Å². The molecule has 0 heterocycles. The molecule has 0 spiro atoms. The summed E-state index contributed by atoms with van der Waals surface area (Å²) < 4.78 is 5.10. The molecule has 1 amide bonds. The van der Waals surface area contributed by atoms with Gasteiger partial charge in [-0.15, -0.1) is 0 Å². The molecule has 2 aromatic rings. The monoisotopic (exact) mass is 295 g/mol. The predicted octanol–water partition coefficient (Wildman–Crippen LogP) is 2.72. The zero-order valence-corrected chi connectivity index (χ0v) is 12.3. The quantitative estimate of drug-likeness (QED) is 0.830. The maximum absolute atomic E-state index is 11.9. The smallest absolute Gasteiger partial charge is 0.224 e. The highest BCUT2D eigenvalue weighted by Crippen LogP contribution is 2.22. The Bertz CT molecular complexity index is 703. The number of ether oxygens (including phenoxy) is 1. The Morgan fingerprint density at radius 1 is 1.27 bits per heavy atom. The van der Waals surface area contributed by atoms with Crippen LogP contribution in [0.1, 0.15) is 17.5 Å². The fourth-order valence-electron chi connectivity index (χ4n) is 2.05. The molecule has 3 N–H and O–H groups in total. The van der Waals surface area contributed by atoms with Crippen molar-refractivity contribution in [2.24, 2.45) is 0 Å². The summed E-state index contributed by atoms with van der Waals surface area (Å²) in [5.74, 6) is 0.546. The van der Waals surface area contributed by atoms with Crippen LogP contribution in [-0.4, -0.2) is 13.0 Å². The van der Waals surface area contributed by atoms with Crippen molar-refractivity contribution >= 4 is 17.3 Å². The van der Waals surface area contributed by atoms with E-state index in [1.54, 1.807) is 37.4 Å². The highest BCUT2D eigenvalue weighted by atomic mass is 16.5. The van der Waals surface area contributed by atoms with Crippen molar-refractivity contribution in [2.45, 2.75) is 12.8 Å². The van der Waals surface area contributed by atoms with Crippen LogP contribution < -0.4 is 15.8 Å². The zero-order chi connectivity index (χ0) is 15.9. The van der Waals surface area contributed by atoms with Gasteiger partial charge in [0.15, 0.2) is 0 Å². The molecule has 22 heavy (non-hydrogen) atoms. The van der Waals surface area contributed by atoms with Gasteiger partial charge in [-0.2, -0.15) is 5.26 Å². The molecular formula is C17H17N3O2. The molecule has 0 bridgehead atoms. The fraction of sp³-hybridized carbons (Fsp3) is 0.176. The van der Waals surface area contributed by atoms with Crippen molar-refractivity contribution in [1.29, 1.82) is 5.26 Å². The largest absolute Gasteiger partial charge is 0.495 e. The second-order valence-corrected chi connectivity index (χ2v) is 4.81. The molecule has 0 aliphatic carbocycles. The topological polar surface area (TPSA) is 88.1 Å². The first-order chi connectivity index (χ1) is 10.6. The summed E-state index contributed by atoms with van der Waals surface area (Å²) >= 11 is 0. The SMILES string of the molecule is COc1ccc(CCC(=O)Nc2ccc(C#N)cc2)cc1N. The maximum Gasteiger partial charge on any atom is 0.224 e. The minimum Gasteiger partial charge on any atom is -0.495 e. The molecule has 0 atom stereocenters. The number of carbonyl (C=O) groups is 1. The normalized spacial score (nSPS) is 9.82. The van der Waals surface area contributed by atoms with E-state index in [9.17, 15) is 4.79 Å². The van der Waals surface area contributed by atoms with Crippen molar-refractivity contribution in [3.8, 4) is 11.8 Å². The lowest BCUT2D eigenvalue weighted by atomic mass is 10.1. The Labute approximate surface area is 129 Å². The van der Waals surface area contributed by atoms with Gasteiger partial charge in [0, 0.05) is 12.1 Å². The van der Waals surface area contributed by atoms with Crippen LogP contribution in [0.4, 0.5) is 11.4 Å². The van der Waals surface area contributed by atoms with Crippen LogP contribution in [0.2, 0.25) is 0 Å². The molecule has 5 nitrogen and oxygen atoms in total. The lowest BCUT2D eigenvalue weighted by Gasteiger charge is -2.08. The third kappa shape index (κ3) is 4.00. The van der Waals surface area contributed by atoms with Gasteiger partial charge in [0.1, 0.15) is 5.75 Å². The number of nitrogens with two attached hydrogens (primary N) is 1. The van der Waals surface area contributed by atoms with Gasteiger partial charge in [-0.1, -0.05) is 6.07 Å². The molecule has 0 saturated heterocycles. The second kappa shape index (κ2) is 7.14. The van der Waals surface area contributed by atoms with Crippen LogP contribution in [0.5, 0.6) is 5.75 Å². The Kier molecular flexibility index (Phi) is 4.99. The van der Waals surface area contributed by atoms with Crippen molar-refractivity contribution in [3.05, 3.63) is 53.6 Å². The van der Waals surface area contributed by atoms with E-state index < -0.39 is 0 Å². The van der Waals surface area contributed by atoms with E-state index in [4.69, 9.17) is 15.7 Å². The van der Waals surface area contributed by atoms with Crippen LogP contribution in [0.3, 0.4) is 0 Å². The first kappa shape index (κ1) is 15.4. The minimum atomic E-state index is -0.0842. The Balaban J connectivity index is 1.89. The van der Waals surface area contributed by atoms with Gasteiger partial charge >= 0.3 is 0 Å². The first-order valence-electron chi connectivity index (χ1n) is 6.85. The number of rotatable bonds is 5. The Hall–Kier alpha value is -3.00. The van der Waals surface area contributed by atoms with Gasteiger partial charge in [-0.3, -0.25) is 4.79 Å². The molecule has 112 valence electrons. The molecule has 0 aromatic heterocycles. The van der Waals surface area contributed by atoms with E-state index in [-0.39, 0.29) is 5.91 Å². The van der Waals surface area contributed by atoms with Gasteiger partial charge in [0.05, 0.1) is 24.4 Å². The molecule has 0 unspecified atom stereocenters. The van der Waals surface area contributed by atoms with E-state index in [1.807, 2.05) is 18.2 Å².